The molecule has 0 amide bonds. The molecule has 0 bridgehead atoms. The van der Waals surface area contributed by atoms with Crippen LogP contribution in [0.15, 0.2) is 69.6 Å². The van der Waals surface area contributed by atoms with Gasteiger partial charge >= 0.3 is 0 Å². The van der Waals surface area contributed by atoms with Gasteiger partial charge in [-0.2, -0.15) is 0 Å². The minimum atomic E-state index is -0.210. The van der Waals surface area contributed by atoms with Crippen molar-refractivity contribution in [2.24, 2.45) is 5.41 Å². The molecule has 0 fully saturated rings. The second-order valence-corrected chi connectivity index (χ2v) is 9.15. The Bertz CT molecular complexity index is 1040. The fourth-order valence-electron chi connectivity index (χ4n) is 2.50. The second kappa shape index (κ2) is 8.93. The predicted molar refractivity (Wildman–Crippen MR) is 117 cm³/mol. The van der Waals surface area contributed by atoms with Crippen molar-refractivity contribution in [1.82, 2.24) is 9.55 Å². The Morgan fingerprint density at radius 2 is 1.83 bits per heavy atom. The Labute approximate surface area is 179 Å². The first-order valence-electron chi connectivity index (χ1n) is 9.09. The molecule has 29 heavy (non-hydrogen) atoms. The van der Waals surface area contributed by atoms with Crippen molar-refractivity contribution in [3.63, 3.8) is 0 Å². The summed E-state index contributed by atoms with van der Waals surface area (Å²) < 4.78 is 12.9. The number of ether oxygens (including phenoxy) is 2. The molecule has 0 spiro atoms. The van der Waals surface area contributed by atoms with Gasteiger partial charge in [-0.25, -0.2) is 4.98 Å². The molecule has 0 aliphatic carbocycles. The first-order valence-corrected chi connectivity index (χ1v) is 10.3. The molecule has 0 atom stereocenters. The molecule has 7 heteroatoms. The van der Waals surface area contributed by atoms with E-state index < -0.39 is 0 Å². The van der Waals surface area contributed by atoms with E-state index >= 15 is 0 Å². The molecule has 0 saturated heterocycles. The standard InChI is InChI=1S/C22H23ClN2O3S/c1-22(2,3)14-28-18-10-7-16(13-19(18)27-4)25-12-11-24-20(21(25)26)29-17-8-5-15(23)6-9-17/h5-13H,14H2,1-4H3. The van der Waals surface area contributed by atoms with E-state index in [-0.39, 0.29) is 11.0 Å². The molecule has 2 aromatic carbocycles. The lowest BCUT2D eigenvalue weighted by Crippen LogP contribution is -2.20. The molecule has 3 aromatic rings. The first-order chi connectivity index (χ1) is 13.8. The Balaban J connectivity index is 1.90. The van der Waals surface area contributed by atoms with Gasteiger partial charge in [-0.15, -0.1) is 0 Å². The van der Waals surface area contributed by atoms with Crippen LogP contribution in [0.4, 0.5) is 0 Å². The summed E-state index contributed by atoms with van der Waals surface area (Å²) >= 11 is 7.22. The van der Waals surface area contributed by atoms with Crippen molar-refractivity contribution in [3.05, 3.63) is 70.2 Å². The number of nitrogens with zero attached hydrogens (tertiary/aromatic N) is 2. The van der Waals surface area contributed by atoms with E-state index in [4.69, 9.17) is 21.1 Å². The maximum absolute atomic E-state index is 13.0. The molecule has 3 rings (SSSR count). The van der Waals surface area contributed by atoms with Gasteiger partial charge < -0.3 is 9.47 Å². The molecule has 0 aliphatic heterocycles. The van der Waals surface area contributed by atoms with Gasteiger partial charge in [0.1, 0.15) is 0 Å². The average molecular weight is 431 g/mol. The summed E-state index contributed by atoms with van der Waals surface area (Å²) in [5.41, 5.74) is 0.493. The maximum atomic E-state index is 13.0. The summed E-state index contributed by atoms with van der Waals surface area (Å²) in [5, 5.41) is 1.02. The van der Waals surface area contributed by atoms with Crippen LogP contribution in [-0.2, 0) is 0 Å². The van der Waals surface area contributed by atoms with Crippen molar-refractivity contribution in [2.75, 3.05) is 13.7 Å². The van der Waals surface area contributed by atoms with Gasteiger partial charge in [0.2, 0.25) is 0 Å². The highest BCUT2D eigenvalue weighted by atomic mass is 35.5. The van der Waals surface area contributed by atoms with E-state index in [1.807, 2.05) is 24.3 Å². The van der Waals surface area contributed by atoms with Gasteiger partial charge in [0, 0.05) is 28.4 Å². The van der Waals surface area contributed by atoms with Crippen molar-refractivity contribution >= 4 is 23.4 Å². The zero-order chi connectivity index (χ0) is 21.0. The number of rotatable bonds is 6. The van der Waals surface area contributed by atoms with E-state index in [1.165, 1.54) is 11.8 Å². The fourth-order valence-corrected chi connectivity index (χ4v) is 3.42. The van der Waals surface area contributed by atoms with Crippen molar-refractivity contribution in [1.29, 1.82) is 0 Å². The fraction of sp³-hybridized carbons (Fsp3) is 0.273. The zero-order valence-corrected chi connectivity index (χ0v) is 18.4. The van der Waals surface area contributed by atoms with E-state index in [0.717, 1.165) is 4.90 Å². The molecule has 0 N–H and O–H groups in total. The monoisotopic (exact) mass is 430 g/mol. The maximum Gasteiger partial charge on any atom is 0.287 e. The molecule has 1 aromatic heterocycles. The molecule has 0 unspecified atom stereocenters. The molecule has 5 nitrogen and oxygen atoms in total. The second-order valence-electron chi connectivity index (χ2n) is 7.65. The third-order valence-electron chi connectivity index (χ3n) is 3.92. The third-order valence-corrected chi connectivity index (χ3v) is 5.16. The highest BCUT2D eigenvalue weighted by Crippen LogP contribution is 2.31. The van der Waals surface area contributed by atoms with Crippen LogP contribution >= 0.6 is 23.4 Å². The van der Waals surface area contributed by atoms with Crippen LogP contribution in [0.2, 0.25) is 5.02 Å². The summed E-state index contributed by atoms with van der Waals surface area (Å²) in [6.07, 6.45) is 3.24. The Hall–Kier alpha value is -2.44. The number of hydrogen-bond donors (Lipinski definition) is 0. The normalized spacial score (nSPS) is 11.3. The highest BCUT2D eigenvalue weighted by molar-refractivity contribution is 7.99. The highest BCUT2D eigenvalue weighted by Gasteiger charge is 2.15. The molecule has 0 aliphatic rings. The van der Waals surface area contributed by atoms with E-state index in [0.29, 0.717) is 33.8 Å². The van der Waals surface area contributed by atoms with Crippen molar-refractivity contribution < 1.29 is 9.47 Å². The Morgan fingerprint density at radius 1 is 1.10 bits per heavy atom. The van der Waals surface area contributed by atoms with Gasteiger partial charge in [-0.1, -0.05) is 44.1 Å². The molecule has 0 saturated carbocycles. The van der Waals surface area contributed by atoms with E-state index in [1.54, 1.807) is 42.3 Å². The number of methoxy groups -OCH3 is 1. The number of hydrogen-bond acceptors (Lipinski definition) is 5. The lowest BCUT2D eigenvalue weighted by molar-refractivity contribution is 0.191. The van der Waals surface area contributed by atoms with Crippen LogP contribution in [0, 0.1) is 5.41 Å². The van der Waals surface area contributed by atoms with Gasteiger partial charge in [0.15, 0.2) is 16.5 Å². The Morgan fingerprint density at radius 3 is 2.48 bits per heavy atom. The average Bonchev–Trinajstić information content (AvgIpc) is 2.69. The topological polar surface area (TPSA) is 53.4 Å². The van der Waals surface area contributed by atoms with Crippen molar-refractivity contribution in [3.8, 4) is 17.2 Å². The summed E-state index contributed by atoms with van der Waals surface area (Å²) in [6.45, 7) is 6.86. The summed E-state index contributed by atoms with van der Waals surface area (Å²) in [4.78, 5) is 18.1. The summed E-state index contributed by atoms with van der Waals surface area (Å²) in [6, 6.07) is 12.7. The smallest absolute Gasteiger partial charge is 0.287 e. The van der Waals surface area contributed by atoms with E-state index in [9.17, 15) is 4.79 Å². The Kier molecular flexibility index (Phi) is 6.55. The number of halogens is 1. The molecule has 0 radical (unpaired) electrons. The SMILES string of the molecule is COc1cc(-n2ccnc(Sc3ccc(Cl)cc3)c2=O)ccc1OCC(C)(C)C. The zero-order valence-electron chi connectivity index (χ0n) is 16.8. The van der Waals surface area contributed by atoms with Gasteiger partial charge in [-0.05, 0) is 41.8 Å². The number of aromatic nitrogens is 2. The largest absolute Gasteiger partial charge is 0.493 e. The molecular weight excluding hydrogens is 408 g/mol. The summed E-state index contributed by atoms with van der Waals surface area (Å²) in [7, 11) is 1.58. The van der Waals surface area contributed by atoms with Gasteiger partial charge in [0.05, 0.1) is 19.4 Å². The lowest BCUT2D eigenvalue weighted by Gasteiger charge is -2.20. The van der Waals surface area contributed by atoms with E-state index in [2.05, 4.69) is 25.8 Å². The number of benzene rings is 2. The lowest BCUT2D eigenvalue weighted by atomic mass is 9.99. The van der Waals surface area contributed by atoms with Crippen LogP contribution in [0.1, 0.15) is 20.8 Å². The van der Waals surface area contributed by atoms with Gasteiger partial charge in [-0.3, -0.25) is 9.36 Å². The van der Waals surface area contributed by atoms with Crippen LogP contribution in [0.5, 0.6) is 11.5 Å². The summed E-state index contributed by atoms with van der Waals surface area (Å²) in [5.74, 6) is 1.21. The van der Waals surface area contributed by atoms with Crippen LogP contribution < -0.4 is 15.0 Å². The minimum absolute atomic E-state index is 0.0273. The minimum Gasteiger partial charge on any atom is -0.493 e. The van der Waals surface area contributed by atoms with Crippen LogP contribution in [0.25, 0.3) is 5.69 Å². The first kappa shape index (κ1) is 21.3. The van der Waals surface area contributed by atoms with Crippen LogP contribution in [0.3, 0.4) is 0 Å². The van der Waals surface area contributed by atoms with Crippen molar-refractivity contribution in [2.45, 2.75) is 30.7 Å². The third kappa shape index (κ3) is 5.55. The van der Waals surface area contributed by atoms with Gasteiger partial charge in [0.25, 0.3) is 5.56 Å². The molecular formula is C22H23ClN2O3S. The van der Waals surface area contributed by atoms with Crippen LogP contribution in [-0.4, -0.2) is 23.3 Å². The molecule has 152 valence electrons. The predicted octanol–water partition coefficient (Wildman–Crippen LogP) is 5.47. The quantitative estimate of drug-likeness (QED) is 0.519. The molecule has 1 heterocycles.